The molecule has 1 heterocycles. The van der Waals surface area contributed by atoms with Crippen molar-refractivity contribution < 1.29 is 14.4 Å². The standard InChI is InChI=1S/C28H24N4O3/c1-28(2,3)25(33)22(17-29)31-30-21-16-10-15-20-23(21)27(35)32(26(20)34)24(18-11-6-4-7-12-18)19-13-8-5-9-14-19/h4-16,24,30H,1-3H3. The van der Waals surface area contributed by atoms with Crippen molar-refractivity contribution in [2.45, 2.75) is 26.8 Å². The Balaban J connectivity index is 1.76. The van der Waals surface area contributed by atoms with Gasteiger partial charge in [0.1, 0.15) is 6.07 Å². The van der Waals surface area contributed by atoms with Gasteiger partial charge in [0.15, 0.2) is 5.78 Å². The number of hydrogen-bond acceptors (Lipinski definition) is 6. The summed E-state index contributed by atoms with van der Waals surface area (Å²) in [5.74, 6) is -1.35. The topological polar surface area (TPSA) is 103 Å². The smallest absolute Gasteiger partial charge is 0.264 e. The van der Waals surface area contributed by atoms with Crippen molar-refractivity contribution in [3.05, 3.63) is 101 Å². The number of imide groups is 1. The average molecular weight is 465 g/mol. The summed E-state index contributed by atoms with van der Waals surface area (Å²) < 4.78 is 0. The molecule has 2 amide bonds. The van der Waals surface area contributed by atoms with E-state index in [0.717, 1.165) is 11.1 Å². The molecule has 0 fully saturated rings. The Labute approximate surface area is 203 Å². The number of hydrazone groups is 1. The minimum Gasteiger partial charge on any atom is -0.291 e. The van der Waals surface area contributed by atoms with Crippen molar-refractivity contribution in [2.75, 3.05) is 5.43 Å². The molecule has 0 saturated carbocycles. The fourth-order valence-electron chi connectivity index (χ4n) is 3.99. The van der Waals surface area contributed by atoms with Crippen LogP contribution in [0.4, 0.5) is 5.69 Å². The Bertz CT molecular complexity index is 1330. The van der Waals surface area contributed by atoms with E-state index in [1.54, 1.807) is 39.0 Å². The summed E-state index contributed by atoms with van der Waals surface area (Å²) in [6.45, 7) is 5.07. The maximum Gasteiger partial charge on any atom is 0.264 e. The van der Waals surface area contributed by atoms with Crippen LogP contribution >= 0.6 is 0 Å². The first-order valence-electron chi connectivity index (χ1n) is 11.1. The van der Waals surface area contributed by atoms with Gasteiger partial charge in [-0.05, 0) is 23.3 Å². The van der Waals surface area contributed by atoms with Gasteiger partial charge < -0.3 is 0 Å². The van der Waals surface area contributed by atoms with Crippen molar-refractivity contribution in [3.63, 3.8) is 0 Å². The van der Waals surface area contributed by atoms with Crippen LogP contribution in [0.1, 0.15) is 58.7 Å². The highest BCUT2D eigenvalue weighted by atomic mass is 16.2. The molecular weight excluding hydrogens is 440 g/mol. The van der Waals surface area contributed by atoms with Gasteiger partial charge in [0.05, 0.1) is 22.9 Å². The number of fused-ring (bicyclic) bond motifs is 1. The van der Waals surface area contributed by atoms with E-state index in [0.29, 0.717) is 0 Å². The number of carbonyl (C=O) groups is 3. The average Bonchev–Trinajstić information content (AvgIpc) is 3.11. The molecule has 7 nitrogen and oxygen atoms in total. The number of nitriles is 1. The molecule has 3 aromatic carbocycles. The summed E-state index contributed by atoms with van der Waals surface area (Å²) >= 11 is 0. The molecule has 7 heteroatoms. The fraction of sp³-hybridized carbons (Fsp3) is 0.179. The molecule has 0 radical (unpaired) electrons. The first-order valence-corrected chi connectivity index (χ1v) is 11.1. The summed E-state index contributed by atoms with van der Waals surface area (Å²) in [6.07, 6.45) is 0. The van der Waals surface area contributed by atoms with Crippen molar-refractivity contribution in [1.29, 1.82) is 5.26 Å². The van der Waals surface area contributed by atoms with Gasteiger partial charge in [-0.3, -0.25) is 24.7 Å². The van der Waals surface area contributed by atoms with Crippen molar-refractivity contribution in [2.24, 2.45) is 10.5 Å². The quantitative estimate of drug-likeness (QED) is 0.315. The van der Waals surface area contributed by atoms with Crippen LogP contribution in [0.2, 0.25) is 0 Å². The van der Waals surface area contributed by atoms with Crippen LogP contribution in [0.3, 0.4) is 0 Å². The van der Waals surface area contributed by atoms with Gasteiger partial charge in [-0.1, -0.05) is 87.5 Å². The van der Waals surface area contributed by atoms with Crippen LogP contribution in [-0.4, -0.2) is 28.2 Å². The van der Waals surface area contributed by atoms with Gasteiger partial charge in [0, 0.05) is 5.41 Å². The number of hydrogen-bond donors (Lipinski definition) is 1. The number of amides is 2. The summed E-state index contributed by atoms with van der Waals surface area (Å²) in [7, 11) is 0. The first-order chi connectivity index (χ1) is 16.7. The lowest BCUT2D eigenvalue weighted by molar-refractivity contribution is -0.119. The highest BCUT2D eigenvalue weighted by Crippen LogP contribution is 2.38. The molecule has 0 atom stereocenters. The fourth-order valence-corrected chi connectivity index (χ4v) is 3.99. The minimum absolute atomic E-state index is 0.151. The van der Waals surface area contributed by atoms with Crippen LogP contribution < -0.4 is 5.43 Å². The van der Waals surface area contributed by atoms with Crippen LogP contribution in [0.25, 0.3) is 0 Å². The van der Waals surface area contributed by atoms with Gasteiger partial charge in [-0.25, -0.2) is 0 Å². The molecule has 4 rings (SSSR count). The summed E-state index contributed by atoms with van der Waals surface area (Å²) in [5, 5.41) is 13.4. The van der Waals surface area contributed by atoms with E-state index in [2.05, 4.69) is 10.5 Å². The largest absolute Gasteiger partial charge is 0.291 e. The van der Waals surface area contributed by atoms with E-state index < -0.39 is 29.1 Å². The van der Waals surface area contributed by atoms with Gasteiger partial charge in [0.25, 0.3) is 11.8 Å². The van der Waals surface area contributed by atoms with Crippen molar-refractivity contribution >= 4 is 29.0 Å². The highest BCUT2D eigenvalue weighted by Gasteiger charge is 2.42. The SMILES string of the molecule is CC(C)(C)C(=O)C(C#N)=NNc1cccc2c1C(=O)N(C(c1ccccc1)c1ccccc1)C2=O. The zero-order valence-corrected chi connectivity index (χ0v) is 19.6. The predicted molar refractivity (Wildman–Crippen MR) is 133 cm³/mol. The molecule has 1 N–H and O–H groups in total. The number of benzene rings is 3. The molecule has 0 spiro atoms. The van der Waals surface area contributed by atoms with E-state index >= 15 is 0 Å². The summed E-state index contributed by atoms with van der Waals surface area (Å²) in [5.41, 5.74) is 3.80. The Kier molecular flexibility index (Phi) is 6.30. The second-order valence-corrected chi connectivity index (χ2v) is 9.20. The monoisotopic (exact) mass is 464 g/mol. The van der Waals surface area contributed by atoms with E-state index in [9.17, 15) is 19.6 Å². The van der Waals surface area contributed by atoms with E-state index in [1.807, 2.05) is 66.7 Å². The number of nitrogens with one attached hydrogen (secondary N) is 1. The third kappa shape index (κ3) is 4.46. The Hall–Kier alpha value is -4.57. The molecule has 174 valence electrons. The second-order valence-electron chi connectivity index (χ2n) is 9.20. The number of nitrogens with zero attached hydrogens (tertiary/aromatic N) is 3. The molecular formula is C28H24N4O3. The van der Waals surface area contributed by atoms with Gasteiger partial charge in [0.2, 0.25) is 5.71 Å². The number of carbonyl (C=O) groups excluding carboxylic acids is 3. The number of rotatable bonds is 6. The normalized spacial score (nSPS) is 13.6. The van der Waals surface area contributed by atoms with Gasteiger partial charge >= 0.3 is 0 Å². The maximum absolute atomic E-state index is 13.7. The molecule has 1 aliphatic heterocycles. The Morgan fingerprint density at radius 1 is 0.886 bits per heavy atom. The van der Waals surface area contributed by atoms with Crippen molar-refractivity contribution in [3.8, 4) is 6.07 Å². The summed E-state index contributed by atoms with van der Waals surface area (Å²) in [4.78, 5) is 41.0. The molecule has 0 aliphatic carbocycles. The highest BCUT2D eigenvalue weighted by molar-refractivity contribution is 6.47. The third-order valence-electron chi connectivity index (χ3n) is 5.73. The van der Waals surface area contributed by atoms with Gasteiger partial charge in [-0.2, -0.15) is 10.4 Å². The van der Waals surface area contributed by atoms with Crippen molar-refractivity contribution in [1.82, 2.24) is 4.90 Å². The first kappa shape index (κ1) is 23.6. The number of anilines is 1. The number of Topliss-reactive ketones (excluding diaryl/α,β-unsaturated/α-hetero) is 1. The lowest BCUT2D eigenvalue weighted by Crippen LogP contribution is -2.34. The molecule has 3 aromatic rings. The molecule has 35 heavy (non-hydrogen) atoms. The zero-order valence-electron chi connectivity index (χ0n) is 19.6. The maximum atomic E-state index is 13.7. The van der Waals surface area contributed by atoms with Crippen LogP contribution in [0.15, 0.2) is 84.0 Å². The molecule has 0 aromatic heterocycles. The predicted octanol–water partition coefficient (Wildman–Crippen LogP) is 4.98. The van der Waals surface area contributed by atoms with Crippen LogP contribution in [0.5, 0.6) is 0 Å². The molecule has 0 saturated heterocycles. The molecule has 0 unspecified atom stereocenters. The second kappa shape index (κ2) is 9.35. The minimum atomic E-state index is -0.796. The molecule has 0 bridgehead atoms. The molecule has 1 aliphatic rings. The summed E-state index contributed by atoms with van der Waals surface area (Å²) in [6, 6.07) is 24.7. The van der Waals surface area contributed by atoms with Crippen LogP contribution in [-0.2, 0) is 4.79 Å². The number of ketones is 1. The van der Waals surface area contributed by atoms with E-state index in [-0.39, 0.29) is 22.5 Å². The lowest BCUT2D eigenvalue weighted by atomic mass is 9.88. The lowest BCUT2D eigenvalue weighted by Gasteiger charge is -2.27. The zero-order chi connectivity index (χ0) is 25.2. The van der Waals surface area contributed by atoms with E-state index in [1.165, 1.54) is 4.90 Å². The Morgan fingerprint density at radius 2 is 1.46 bits per heavy atom. The van der Waals surface area contributed by atoms with E-state index in [4.69, 9.17) is 0 Å². The Morgan fingerprint density at radius 3 is 1.97 bits per heavy atom. The van der Waals surface area contributed by atoms with Gasteiger partial charge in [-0.15, -0.1) is 0 Å². The van der Waals surface area contributed by atoms with Crippen LogP contribution in [0, 0.1) is 16.7 Å². The third-order valence-corrected chi connectivity index (χ3v) is 5.73.